The van der Waals surface area contributed by atoms with Crippen molar-refractivity contribution < 1.29 is 14.6 Å². The molecule has 0 amide bonds. The number of hydrogen-bond donors (Lipinski definition) is 1. The van der Waals surface area contributed by atoms with Crippen molar-refractivity contribution in [3.05, 3.63) is 57.6 Å². The molecule has 172 valence electrons. The summed E-state index contributed by atoms with van der Waals surface area (Å²) in [4.78, 5) is 24.5. The Hall–Kier alpha value is -3.35. The molecule has 0 radical (unpaired) electrons. The number of fused-ring (bicyclic) bond motifs is 5. The molecule has 0 fully saturated rings. The molecule has 3 aromatic rings. The highest BCUT2D eigenvalue weighted by Crippen LogP contribution is 2.51. The Kier molecular flexibility index (Phi) is 4.45. The number of hydrogen-bond acceptors (Lipinski definition) is 4. The van der Waals surface area contributed by atoms with Gasteiger partial charge in [0.2, 0.25) is 0 Å². The summed E-state index contributed by atoms with van der Waals surface area (Å²) >= 11 is 0. The summed E-state index contributed by atoms with van der Waals surface area (Å²) in [7, 11) is 1.88. The lowest BCUT2D eigenvalue weighted by Crippen LogP contribution is -2.33. The Morgan fingerprint density at radius 1 is 1.18 bits per heavy atom. The van der Waals surface area contributed by atoms with E-state index in [1.807, 2.05) is 24.0 Å². The molecule has 0 aliphatic carbocycles. The van der Waals surface area contributed by atoms with Gasteiger partial charge in [0.15, 0.2) is 5.43 Å². The standard InChI is InChI=1S/C26H29N3O4/c1-25(2,3)22-8-16-17(20-9-21(30)19(24(31)32)13-29(20)22)7-15(14-11-27-28(6)12-14)23-18(16)10-26(4,5)33-23/h7,9,11-13,22H,8,10H2,1-6H3,(H,31,32)/t22-/m0/s1. The molecule has 5 rings (SSSR count). The lowest BCUT2D eigenvalue weighted by atomic mass is 9.76. The van der Waals surface area contributed by atoms with Crippen molar-refractivity contribution in [1.82, 2.24) is 14.3 Å². The Morgan fingerprint density at radius 3 is 2.52 bits per heavy atom. The van der Waals surface area contributed by atoms with Crippen molar-refractivity contribution in [2.45, 2.75) is 59.1 Å². The molecule has 7 nitrogen and oxygen atoms in total. The maximum absolute atomic E-state index is 12.8. The minimum atomic E-state index is -1.20. The van der Waals surface area contributed by atoms with E-state index in [2.05, 4.69) is 45.8 Å². The van der Waals surface area contributed by atoms with E-state index in [1.165, 1.54) is 23.4 Å². The Bertz CT molecular complexity index is 1370. The largest absolute Gasteiger partial charge is 0.487 e. The number of aromatic nitrogens is 3. The molecular formula is C26H29N3O4. The zero-order valence-electron chi connectivity index (χ0n) is 19.9. The van der Waals surface area contributed by atoms with Gasteiger partial charge in [-0.25, -0.2) is 4.79 Å². The van der Waals surface area contributed by atoms with Gasteiger partial charge in [0.05, 0.1) is 11.9 Å². The van der Waals surface area contributed by atoms with E-state index in [1.54, 1.807) is 4.68 Å². The van der Waals surface area contributed by atoms with Crippen LogP contribution in [-0.2, 0) is 19.9 Å². The summed E-state index contributed by atoms with van der Waals surface area (Å²) in [5, 5.41) is 13.9. The molecule has 2 aromatic heterocycles. The van der Waals surface area contributed by atoms with Gasteiger partial charge in [-0.15, -0.1) is 0 Å². The molecule has 33 heavy (non-hydrogen) atoms. The molecule has 7 heteroatoms. The highest BCUT2D eigenvalue weighted by Gasteiger charge is 2.40. The number of pyridine rings is 1. The fraction of sp³-hybridized carbons (Fsp3) is 0.423. The molecular weight excluding hydrogens is 418 g/mol. The summed E-state index contributed by atoms with van der Waals surface area (Å²) in [6.07, 6.45) is 6.81. The summed E-state index contributed by atoms with van der Waals surface area (Å²) in [5.41, 5.74) is 4.80. The van der Waals surface area contributed by atoms with Gasteiger partial charge in [-0.3, -0.25) is 9.48 Å². The van der Waals surface area contributed by atoms with E-state index < -0.39 is 11.4 Å². The molecule has 2 aliphatic heterocycles. The third kappa shape index (κ3) is 3.37. The second kappa shape index (κ2) is 6.83. The summed E-state index contributed by atoms with van der Waals surface area (Å²) in [6.45, 7) is 10.6. The van der Waals surface area contributed by atoms with Gasteiger partial charge < -0.3 is 14.4 Å². The quantitative estimate of drug-likeness (QED) is 0.626. The van der Waals surface area contributed by atoms with Gasteiger partial charge in [0.1, 0.15) is 16.9 Å². The molecule has 0 saturated heterocycles. The monoisotopic (exact) mass is 447 g/mol. The number of carboxylic acid groups (broad SMARTS) is 1. The minimum Gasteiger partial charge on any atom is -0.487 e. The molecule has 0 bridgehead atoms. The van der Waals surface area contributed by atoms with E-state index in [0.29, 0.717) is 0 Å². The van der Waals surface area contributed by atoms with Crippen LogP contribution in [0.3, 0.4) is 0 Å². The van der Waals surface area contributed by atoms with Gasteiger partial charge in [-0.1, -0.05) is 20.8 Å². The first kappa shape index (κ1) is 21.5. The maximum Gasteiger partial charge on any atom is 0.341 e. The first-order valence-electron chi connectivity index (χ1n) is 11.2. The molecule has 1 aromatic carbocycles. The van der Waals surface area contributed by atoms with Crippen LogP contribution >= 0.6 is 0 Å². The lowest BCUT2D eigenvalue weighted by Gasteiger charge is -2.39. The fourth-order valence-corrected chi connectivity index (χ4v) is 5.24. The minimum absolute atomic E-state index is 0.00393. The number of rotatable bonds is 2. The van der Waals surface area contributed by atoms with Crippen molar-refractivity contribution in [1.29, 1.82) is 0 Å². The number of carbonyl (C=O) groups is 1. The molecule has 0 saturated carbocycles. The van der Waals surface area contributed by atoms with Gasteiger partial charge >= 0.3 is 5.97 Å². The molecule has 1 atom stereocenters. The van der Waals surface area contributed by atoms with Crippen LogP contribution in [0.2, 0.25) is 0 Å². The Balaban J connectivity index is 1.85. The fourth-order valence-electron chi connectivity index (χ4n) is 5.24. The normalized spacial score (nSPS) is 18.3. The molecule has 1 N–H and O–H groups in total. The zero-order chi connectivity index (χ0) is 23.9. The van der Waals surface area contributed by atoms with Crippen LogP contribution in [-0.4, -0.2) is 31.0 Å². The smallest absolute Gasteiger partial charge is 0.341 e. The summed E-state index contributed by atoms with van der Waals surface area (Å²) in [6, 6.07) is 3.56. The van der Waals surface area contributed by atoms with E-state index in [9.17, 15) is 14.7 Å². The summed E-state index contributed by atoms with van der Waals surface area (Å²) in [5.74, 6) is -0.314. The van der Waals surface area contributed by atoms with Crippen molar-refractivity contribution >= 4 is 5.97 Å². The van der Waals surface area contributed by atoms with Gasteiger partial charge in [-0.2, -0.15) is 5.10 Å². The first-order valence-corrected chi connectivity index (χ1v) is 11.2. The van der Waals surface area contributed by atoms with Crippen LogP contribution < -0.4 is 10.2 Å². The Labute approximate surface area is 192 Å². The Morgan fingerprint density at radius 2 is 1.91 bits per heavy atom. The second-order valence-corrected chi connectivity index (χ2v) is 10.9. The number of aromatic carboxylic acids is 1. The number of ether oxygens (including phenoxy) is 1. The van der Waals surface area contributed by atoms with E-state index >= 15 is 0 Å². The van der Waals surface area contributed by atoms with Gasteiger partial charge in [0, 0.05) is 60.2 Å². The number of carboxylic acids is 1. The van der Waals surface area contributed by atoms with Crippen molar-refractivity contribution in [2.24, 2.45) is 12.5 Å². The summed E-state index contributed by atoms with van der Waals surface area (Å²) < 4.78 is 10.2. The number of nitrogens with zero attached hydrogens (tertiary/aromatic N) is 3. The first-order chi connectivity index (χ1) is 15.4. The van der Waals surface area contributed by atoms with Gasteiger partial charge in [0.25, 0.3) is 0 Å². The zero-order valence-corrected chi connectivity index (χ0v) is 19.9. The average Bonchev–Trinajstić information content (AvgIpc) is 3.27. The van der Waals surface area contributed by atoms with Gasteiger partial charge in [-0.05, 0) is 37.3 Å². The van der Waals surface area contributed by atoms with Crippen LogP contribution in [0.1, 0.15) is 62.1 Å². The molecule has 2 aliphatic rings. The van der Waals surface area contributed by atoms with E-state index in [4.69, 9.17) is 4.74 Å². The van der Waals surface area contributed by atoms with Crippen molar-refractivity contribution in [3.63, 3.8) is 0 Å². The number of aryl methyl sites for hydroxylation is 1. The highest BCUT2D eigenvalue weighted by molar-refractivity contribution is 5.88. The second-order valence-electron chi connectivity index (χ2n) is 10.9. The topological polar surface area (TPSA) is 86.4 Å². The molecule has 0 unspecified atom stereocenters. The van der Waals surface area contributed by atoms with E-state index in [-0.39, 0.29) is 22.6 Å². The van der Waals surface area contributed by atoms with Crippen LogP contribution in [0, 0.1) is 5.41 Å². The predicted molar refractivity (Wildman–Crippen MR) is 126 cm³/mol. The average molecular weight is 448 g/mol. The van der Waals surface area contributed by atoms with Crippen LogP contribution in [0.15, 0.2) is 35.5 Å². The highest BCUT2D eigenvalue weighted by atomic mass is 16.5. The van der Waals surface area contributed by atoms with Crippen molar-refractivity contribution in [3.8, 4) is 28.1 Å². The third-order valence-electron chi connectivity index (χ3n) is 6.81. The third-order valence-corrected chi connectivity index (χ3v) is 6.81. The lowest BCUT2D eigenvalue weighted by molar-refractivity contribution is 0.0693. The SMILES string of the molecule is Cn1cc(-c2cc3c(c4c2OC(C)(C)C4)C[C@@H](C(C)(C)C)n2cc(C(=O)O)c(=O)cc2-3)cn1. The van der Waals surface area contributed by atoms with Crippen LogP contribution in [0.5, 0.6) is 5.75 Å². The van der Waals surface area contributed by atoms with Crippen LogP contribution in [0.25, 0.3) is 22.4 Å². The van der Waals surface area contributed by atoms with Crippen LogP contribution in [0.4, 0.5) is 0 Å². The molecule has 0 spiro atoms. The predicted octanol–water partition coefficient (Wildman–Crippen LogP) is 4.47. The maximum atomic E-state index is 12.8. The number of benzene rings is 1. The van der Waals surface area contributed by atoms with Crippen molar-refractivity contribution in [2.75, 3.05) is 0 Å². The molecule has 4 heterocycles. The van der Waals surface area contributed by atoms with E-state index in [0.717, 1.165) is 41.0 Å².